The maximum Gasteiger partial charge on any atom is 0.0334 e. The van der Waals surface area contributed by atoms with Gasteiger partial charge in [0, 0.05) is 23.0 Å². The molecular formula is C11H14ClNS. The van der Waals surface area contributed by atoms with E-state index in [1.807, 2.05) is 17.4 Å². The molecule has 0 bridgehead atoms. The monoisotopic (exact) mass is 227 g/mol. The third kappa shape index (κ3) is 2.19. The van der Waals surface area contributed by atoms with E-state index in [0.717, 1.165) is 6.54 Å². The van der Waals surface area contributed by atoms with Gasteiger partial charge in [-0.15, -0.1) is 11.3 Å². The molecule has 0 amide bonds. The predicted octanol–water partition coefficient (Wildman–Crippen LogP) is 3.47. The van der Waals surface area contributed by atoms with Gasteiger partial charge < -0.3 is 5.32 Å². The van der Waals surface area contributed by atoms with Crippen LogP contribution < -0.4 is 5.32 Å². The summed E-state index contributed by atoms with van der Waals surface area (Å²) in [5.41, 5.74) is 3.08. The Bertz CT molecular complexity index is 319. The summed E-state index contributed by atoms with van der Waals surface area (Å²) in [7, 11) is 0. The number of nitrogens with one attached hydrogen (secondary N) is 1. The van der Waals surface area contributed by atoms with Crippen LogP contribution in [0.4, 0.5) is 0 Å². The molecule has 1 nitrogen and oxygen atoms in total. The number of rotatable bonds is 3. The lowest BCUT2D eigenvalue weighted by molar-refractivity contribution is 0.485. The molecular weight excluding hydrogens is 214 g/mol. The molecule has 1 heterocycles. The Kier molecular flexibility index (Phi) is 3.62. The zero-order valence-corrected chi connectivity index (χ0v) is 9.57. The van der Waals surface area contributed by atoms with Crippen LogP contribution in [-0.4, -0.2) is 6.54 Å². The smallest absolute Gasteiger partial charge is 0.0334 e. The minimum absolute atomic E-state index is 0.540. The third-order valence-corrected chi connectivity index (χ3v) is 3.80. The predicted molar refractivity (Wildman–Crippen MR) is 63.0 cm³/mol. The molecule has 76 valence electrons. The zero-order valence-electron chi connectivity index (χ0n) is 8.00. The lowest BCUT2D eigenvalue weighted by atomic mass is 9.94. The Morgan fingerprint density at radius 2 is 2.57 bits per heavy atom. The quantitative estimate of drug-likeness (QED) is 0.834. The molecule has 0 fully saturated rings. The van der Waals surface area contributed by atoms with E-state index in [2.05, 4.69) is 16.8 Å². The van der Waals surface area contributed by atoms with Crippen LogP contribution >= 0.6 is 22.9 Å². The van der Waals surface area contributed by atoms with Gasteiger partial charge in [0.05, 0.1) is 0 Å². The highest BCUT2D eigenvalue weighted by Crippen LogP contribution is 2.32. The van der Waals surface area contributed by atoms with E-state index >= 15 is 0 Å². The summed E-state index contributed by atoms with van der Waals surface area (Å²) in [6, 6.07) is 2.79. The standard InChI is InChI=1S/C11H14ClNS/c12-6-2-7-13-10-3-1-4-11-9(10)5-8-14-11/h2,5-6,8,10,13H,1,3-4,7H2/b6-2+. The Morgan fingerprint density at radius 1 is 1.64 bits per heavy atom. The van der Waals surface area contributed by atoms with Gasteiger partial charge in [-0.05, 0) is 36.3 Å². The Morgan fingerprint density at radius 3 is 3.43 bits per heavy atom. The van der Waals surface area contributed by atoms with Gasteiger partial charge in [0.25, 0.3) is 0 Å². The van der Waals surface area contributed by atoms with E-state index in [0.29, 0.717) is 6.04 Å². The molecule has 0 aromatic carbocycles. The first-order valence-corrected chi connectivity index (χ1v) is 6.28. The fourth-order valence-electron chi connectivity index (χ4n) is 1.95. The van der Waals surface area contributed by atoms with Crippen molar-refractivity contribution in [2.24, 2.45) is 0 Å². The van der Waals surface area contributed by atoms with Crippen molar-refractivity contribution in [3.05, 3.63) is 33.5 Å². The molecule has 0 radical (unpaired) electrons. The molecule has 0 spiro atoms. The molecule has 1 aliphatic carbocycles. The average molecular weight is 228 g/mol. The molecule has 1 aliphatic rings. The summed E-state index contributed by atoms with van der Waals surface area (Å²) in [6.07, 6.45) is 5.76. The van der Waals surface area contributed by atoms with Gasteiger partial charge in [0.2, 0.25) is 0 Å². The minimum atomic E-state index is 0.540. The highest BCUT2D eigenvalue weighted by atomic mass is 35.5. The molecule has 1 N–H and O–H groups in total. The van der Waals surface area contributed by atoms with Crippen molar-refractivity contribution in [2.45, 2.75) is 25.3 Å². The van der Waals surface area contributed by atoms with Crippen LogP contribution in [0.15, 0.2) is 23.1 Å². The highest BCUT2D eigenvalue weighted by molar-refractivity contribution is 7.10. The first kappa shape index (κ1) is 10.2. The van der Waals surface area contributed by atoms with E-state index in [-0.39, 0.29) is 0 Å². The summed E-state index contributed by atoms with van der Waals surface area (Å²) in [5.74, 6) is 0. The van der Waals surface area contributed by atoms with Crippen molar-refractivity contribution in [1.29, 1.82) is 0 Å². The van der Waals surface area contributed by atoms with Gasteiger partial charge in [0.1, 0.15) is 0 Å². The van der Waals surface area contributed by atoms with Crippen molar-refractivity contribution < 1.29 is 0 Å². The number of fused-ring (bicyclic) bond motifs is 1. The molecule has 0 aliphatic heterocycles. The molecule has 0 saturated heterocycles. The highest BCUT2D eigenvalue weighted by Gasteiger charge is 2.19. The normalized spacial score (nSPS) is 21.4. The van der Waals surface area contributed by atoms with Crippen LogP contribution in [0, 0.1) is 0 Å². The number of hydrogen-bond acceptors (Lipinski definition) is 2. The maximum absolute atomic E-state index is 5.48. The molecule has 1 unspecified atom stereocenters. The lowest BCUT2D eigenvalue weighted by Crippen LogP contribution is -2.24. The average Bonchev–Trinajstić information content (AvgIpc) is 2.67. The second-order valence-corrected chi connectivity index (χ2v) is 4.77. The topological polar surface area (TPSA) is 12.0 Å². The van der Waals surface area contributed by atoms with E-state index in [4.69, 9.17) is 11.6 Å². The first-order chi connectivity index (χ1) is 6.92. The van der Waals surface area contributed by atoms with Crippen LogP contribution in [0.5, 0.6) is 0 Å². The molecule has 2 rings (SSSR count). The summed E-state index contributed by atoms with van der Waals surface area (Å²) >= 11 is 7.36. The Balaban J connectivity index is 2.01. The van der Waals surface area contributed by atoms with Crippen molar-refractivity contribution >= 4 is 22.9 Å². The molecule has 1 aromatic rings. The summed E-state index contributed by atoms with van der Waals surface area (Å²) in [6.45, 7) is 0.865. The van der Waals surface area contributed by atoms with Gasteiger partial charge in [-0.2, -0.15) is 0 Å². The number of aryl methyl sites for hydroxylation is 1. The largest absolute Gasteiger partial charge is 0.306 e. The van der Waals surface area contributed by atoms with Crippen LogP contribution in [0.25, 0.3) is 0 Å². The van der Waals surface area contributed by atoms with Gasteiger partial charge in [-0.3, -0.25) is 0 Å². The number of thiophene rings is 1. The van der Waals surface area contributed by atoms with E-state index in [9.17, 15) is 0 Å². The lowest BCUT2D eigenvalue weighted by Gasteiger charge is -2.23. The second-order valence-electron chi connectivity index (χ2n) is 3.51. The van der Waals surface area contributed by atoms with Crippen LogP contribution in [0.1, 0.15) is 29.3 Å². The van der Waals surface area contributed by atoms with Gasteiger partial charge in [-0.25, -0.2) is 0 Å². The fourth-order valence-corrected chi connectivity index (χ4v) is 3.03. The molecule has 0 saturated carbocycles. The minimum Gasteiger partial charge on any atom is -0.306 e. The molecule has 14 heavy (non-hydrogen) atoms. The van der Waals surface area contributed by atoms with E-state index < -0.39 is 0 Å². The van der Waals surface area contributed by atoms with Crippen LogP contribution in [0.3, 0.4) is 0 Å². The van der Waals surface area contributed by atoms with Crippen molar-refractivity contribution in [3.8, 4) is 0 Å². The van der Waals surface area contributed by atoms with E-state index in [1.54, 1.807) is 10.4 Å². The summed E-state index contributed by atoms with van der Waals surface area (Å²) in [5, 5.41) is 5.70. The van der Waals surface area contributed by atoms with Gasteiger partial charge in [0.15, 0.2) is 0 Å². The molecule has 1 atom stereocenters. The van der Waals surface area contributed by atoms with Crippen molar-refractivity contribution in [1.82, 2.24) is 5.32 Å². The molecule has 1 aromatic heterocycles. The van der Waals surface area contributed by atoms with Crippen molar-refractivity contribution in [2.75, 3.05) is 6.54 Å². The van der Waals surface area contributed by atoms with Crippen molar-refractivity contribution in [3.63, 3.8) is 0 Å². The molecule has 3 heteroatoms. The first-order valence-electron chi connectivity index (χ1n) is 4.96. The third-order valence-electron chi connectivity index (χ3n) is 2.62. The maximum atomic E-state index is 5.48. The second kappa shape index (κ2) is 4.96. The van der Waals surface area contributed by atoms with Crippen LogP contribution in [0.2, 0.25) is 0 Å². The van der Waals surface area contributed by atoms with E-state index in [1.165, 1.54) is 24.8 Å². The van der Waals surface area contributed by atoms with Gasteiger partial charge >= 0.3 is 0 Å². The number of hydrogen-bond donors (Lipinski definition) is 1. The fraction of sp³-hybridized carbons (Fsp3) is 0.455. The zero-order chi connectivity index (χ0) is 9.80. The Hall–Kier alpha value is -0.310. The van der Waals surface area contributed by atoms with Gasteiger partial charge in [-0.1, -0.05) is 17.7 Å². The summed E-state index contributed by atoms with van der Waals surface area (Å²) < 4.78 is 0. The number of halogens is 1. The summed E-state index contributed by atoms with van der Waals surface area (Å²) in [4.78, 5) is 1.56. The van der Waals surface area contributed by atoms with Crippen LogP contribution in [-0.2, 0) is 6.42 Å². The Labute approximate surface area is 93.8 Å². The SMILES string of the molecule is Cl/C=C/CNC1CCCc2sccc21.